The maximum atomic E-state index is 2.25. The first-order valence-corrected chi connectivity index (χ1v) is 3.80. The summed E-state index contributed by atoms with van der Waals surface area (Å²) in [4.78, 5) is 4.49. The number of fused-ring (bicyclic) bond motifs is 1. The van der Waals surface area contributed by atoms with Gasteiger partial charge in [0.05, 0.1) is 0 Å². The number of para-hydroxylation sites is 2. The van der Waals surface area contributed by atoms with Gasteiger partial charge in [-0.2, -0.15) is 0 Å². The van der Waals surface area contributed by atoms with Crippen molar-refractivity contribution in [2.24, 2.45) is 0 Å². The van der Waals surface area contributed by atoms with E-state index in [2.05, 4.69) is 48.0 Å². The number of hydrogen-bond donors (Lipinski definition) is 0. The van der Waals surface area contributed by atoms with Crippen molar-refractivity contribution >= 4 is 18.9 Å². The third kappa shape index (κ3) is 0.879. The van der Waals surface area contributed by atoms with Gasteiger partial charge in [0, 0.05) is 11.4 Å². The lowest BCUT2D eigenvalue weighted by Crippen LogP contribution is -2.28. The Morgan fingerprint density at radius 2 is 1.45 bits per heavy atom. The molecule has 1 aromatic rings. The zero-order chi connectivity index (χ0) is 7.84. The number of benzene rings is 1. The summed E-state index contributed by atoms with van der Waals surface area (Å²) >= 11 is 0. The van der Waals surface area contributed by atoms with Gasteiger partial charge in [-0.25, -0.2) is 0 Å². The molecule has 1 aromatic carbocycles. The van der Waals surface area contributed by atoms with Crippen molar-refractivity contribution in [3.05, 3.63) is 24.3 Å². The van der Waals surface area contributed by atoms with Gasteiger partial charge < -0.3 is 9.62 Å². The minimum Gasteiger partial charge on any atom is -0.400 e. The van der Waals surface area contributed by atoms with Gasteiger partial charge in [0.15, 0.2) is 0 Å². The van der Waals surface area contributed by atoms with E-state index in [4.69, 9.17) is 0 Å². The molecule has 0 radical (unpaired) electrons. The SMILES string of the molecule is CN1BN(C)c2ccccc21. The molecule has 0 amide bonds. The Labute approximate surface area is 67.7 Å². The Morgan fingerprint density at radius 1 is 1.00 bits per heavy atom. The summed E-state index contributed by atoms with van der Waals surface area (Å²) in [6, 6.07) is 8.46. The Morgan fingerprint density at radius 3 is 1.91 bits per heavy atom. The smallest absolute Gasteiger partial charge is 0.356 e. The van der Waals surface area contributed by atoms with Gasteiger partial charge in [-0.1, -0.05) is 12.1 Å². The normalized spacial score (nSPS) is 14.7. The maximum Gasteiger partial charge on any atom is 0.356 e. The highest BCUT2D eigenvalue weighted by atomic mass is 15.2. The van der Waals surface area contributed by atoms with Crippen LogP contribution in [-0.2, 0) is 0 Å². The van der Waals surface area contributed by atoms with Crippen LogP contribution in [0.3, 0.4) is 0 Å². The van der Waals surface area contributed by atoms with Gasteiger partial charge >= 0.3 is 7.55 Å². The Bertz CT molecular complexity index is 248. The Hall–Kier alpha value is -1.12. The van der Waals surface area contributed by atoms with E-state index in [0.29, 0.717) is 0 Å². The standard InChI is InChI=1S/C8H11BN2/c1-10-7-5-3-4-6-8(7)11(2)9-10/h3-6,9H,1-2H3. The van der Waals surface area contributed by atoms with Gasteiger partial charge in [0.2, 0.25) is 0 Å². The second-order valence-corrected chi connectivity index (χ2v) is 3.03. The highest BCUT2D eigenvalue weighted by Crippen LogP contribution is 2.31. The van der Waals surface area contributed by atoms with E-state index in [1.165, 1.54) is 11.4 Å². The van der Waals surface area contributed by atoms with Crippen LogP contribution in [0.1, 0.15) is 0 Å². The van der Waals surface area contributed by atoms with E-state index in [-0.39, 0.29) is 0 Å². The van der Waals surface area contributed by atoms with Crippen LogP contribution in [0.2, 0.25) is 0 Å². The molecule has 0 saturated carbocycles. The lowest BCUT2D eigenvalue weighted by Gasteiger charge is -2.09. The molecule has 0 unspecified atom stereocenters. The van der Waals surface area contributed by atoms with Crippen LogP contribution in [0, 0.1) is 0 Å². The largest absolute Gasteiger partial charge is 0.400 e. The lowest BCUT2D eigenvalue weighted by molar-refractivity contribution is 1.34. The predicted octanol–water partition coefficient (Wildman–Crippen LogP) is 0.839. The van der Waals surface area contributed by atoms with Crippen LogP contribution >= 0.6 is 0 Å². The highest BCUT2D eigenvalue weighted by molar-refractivity contribution is 6.50. The fraction of sp³-hybridized carbons (Fsp3) is 0.250. The molecule has 1 aliphatic heterocycles. The first-order valence-electron chi connectivity index (χ1n) is 3.80. The zero-order valence-electron chi connectivity index (χ0n) is 6.91. The van der Waals surface area contributed by atoms with Crippen molar-refractivity contribution in [2.75, 3.05) is 23.7 Å². The first-order chi connectivity index (χ1) is 5.29. The van der Waals surface area contributed by atoms with Gasteiger partial charge in [-0.05, 0) is 26.2 Å². The highest BCUT2D eigenvalue weighted by Gasteiger charge is 2.20. The molecule has 56 valence electrons. The molecular formula is C8H11BN2. The van der Waals surface area contributed by atoms with Gasteiger partial charge in [-0.3, -0.25) is 0 Å². The third-order valence-electron chi connectivity index (χ3n) is 2.13. The topological polar surface area (TPSA) is 6.48 Å². The van der Waals surface area contributed by atoms with Crippen molar-refractivity contribution < 1.29 is 0 Å². The van der Waals surface area contributed by atoms with Crippen LogP contribution < -0.4 is 9.62 Å². The summed E-state index contributed by atoms with van der Waals surface area (Å²) in [5.41, 5.74) is 2.66. The second-order valence-electron chi connectivity index (χ2n) is 3.03. The van der Waals surface area contributed by atoms with Crippen molar-refractivity contribution in [3.8, 4) is 0 Å². The molecule has 2 nitrogen and oxygen atoms in total. The van der Waals surface area contributed by atoms with E-state index < -0.39 is 0 Å². The van der Waals surface area contributed by atoms with Crippen LogP contribution in [0.4, 0.5) is 11.4 Å². The molecule has 0 spiro atoms. The van der Waals surface area contributed by atoms with Gasteiger partial charge in [-0.15, -0.1) is 0 Å². The van der Waals surface area contributed by atoms with Crippen LogP contribution in [0.15, 0.2) is 24.3 Å². The molecule has 0 aliphatic carbocycles. The fourth-order valence-electron chi connectivity index (χ4n) is 1.58. The molecule has 0 aromatic heterocycles. The molecule has 1 heterocycles. The molecule has 11 heavy (non-hydrogen) atoms. The molecule has 0 fully saturated rings. The summed E-state index contributed by atoms with van der Waals surface area (Å²) < 4.78 is 0. The molecule has 1 aliphatic rings. The lowest BCUT2D eigenvalue weighted by atomic mass is 10.1. The minimum absolute atomic E-state index is 0.999. The molecule has 0 saturated heterocycles. The summed E-state index contributed by atoms with van der Waals surface area (Å²) in [5.74, 6) is 0. The average Bonchev–Trinajstić information content (AvgIpc) is 2.30. The Kier molecular flexibility index (Phi) is 1.31. The third-order valence-corrected chi connectivity index (χ3v) is 2.13. The summed E-state index contributed by atoms with van der Waals surface area (Å²) in [5, 5.41) is 0. The fourth-order valence-corrected chi connectivity index (χ4v) is 1.58. The molecule has 0 bridgehead atoms. The van der Waals surface area contributed by atoms with Crippen LogP contribution in [0.5, 0.6) is 0 Å². The van der Waals surface area contributed by atoms with Gasteiger partial charge in [0.1, 0.15) is 0 Å². The summed E-state index contributed by atoms with van der Waals surface area (Å²) in [7, 11) is 5.23. The molecule has 0 atom stereocenters. The monoisotopic (exact) mass is 146 g/mol. The predicted molar refractivity (Wildman–Crippen MR) is 50.4 cm³/mol. The summed E-state index contributed by atoms with van der Waals surface area (Å²) in [6.45, 7) is 0. The Balaban J connectivity index is 2.52. The maximum absolute atomic E-state index is 2.25. The van der Waals surface area contributed by atoms with E-state index in [9.17, 15) is 0 Å². The van der Waals surface area contributed by atoms with Crippen molar-refractivity contribution in [1.82, 2.24) is 0 Å². The molecule has 2 rings (SSSR count). The van der Waals surface area contributed by atoms with Crippen LogP contribution in [0.25, 0.3) is 0 Å². The van der Waals surface area contributed by atoms with Crippen molar-refractivity contribution in [3.63, 3.8) is 0 Å². The quantitative estimate of drug-likeness (QED) is 0.500. The minimum atomic E-state index is 0.999. The van der Waals surface area contributed by atoms with E-state index in [1.54, 1.807) is 0 Å². The van der Waals surface area contributed by atoms with Crippen molar-refractivity contribution in [2.45, 2.75) is 0 Å². The number of hydrogen-bond acceptors (Lipinski definition) is 2. The van der Waals surface area contributed by atoms with E-state index in [0.717, 1.165) is 7.55 Å². The number of rotatable bonds is 0. The summed E-state index contributed by atoms with van der Waals surface area (Å²) in [6.07, 6.45) is 0. The van der Waals surface area contributed by atoms with E-state index >= 15 is 0 Å². The van der Waals surface area contributed by atoms with Crippen LogP contribution in [-0.4, -0.2) is 21.6 Å². The first kappa shape index (κ1) is 6.59. The number of nitrogens with zero attached hydrogens (tertiary/aromatic N) is 2. The van der Waals surface area contributed by atoms with Gasteiger partial charge in [0.25, 0.3) is 0 Å². The second kappa shape index (κ2) is 2.19. The van der Waals surface area contributed by atoms with Crippen molar-refractivity contribution in [1.29, 1.82) is 0 Å². The average molecular weight is 146 g/mol. The number of anilines is 2. The zero-order valence-corrected chi connectivity index (χ0v) is 6.91. The molecule has 0 N–H and O–H groups in total. The van der Waals surface area contributed by atoms with E-state index in [1.807, 2.05) is 0 Å². The molecular weight excluding hydrogens is 135 g/mol. The molecule has 3 heteroatoms.